The van der Waals surface area contributed by atoms with Crippen LogP contribution in [0.1, 0.15) is 23.6 Å². The van der Waals surface area contributed by atoms with E-state index in [0.717, 1.165) is 24.4 Å². The van der Waals surface area contributed by atoms with Crippen molar-refractivity contribution in [2.75, 3.05) is 6.54 Å². The summed E-state index contributed by atoms with van der Waals surface area (Å²) in [4.78, 5) is 0. The van der Waals surface area contributed by atoms with Crippen molar-refractivity contribution in [3.05, 3.63) is 64.2 Å². The first-order valence-electron chi connectivity index (χ1n) is 6.86. The first-order valence-corrected chi connectivity index (χ1v) is 7.24. The van der Waals surface area contributed by atoms with Crippen molar-refractivity contribution in [2.24, 2.45) is 0 Å². The van der Waals surface area contributed by atoms with E-state index in [2.05, 4.69) is 43.4 Å². The first-order chi connectivity index (χ1) is 9.69. The summed E-state index contributed by atoms with van der Waals surface area (Å²) < 4.78 is 5.77. The van der Waals surface area contributed by atoms with Crippen LogP contribution < -0.4 is 10.1 Å². The zero-order valence-corrected chi connectivity index (χ0v) is 12.7. The third-order valence-electron chi connectivity index (χ3n) is 3.09. The van der Waals surface area contributed by atoms with Gasteiger partial charge in [0.25, 0.3) is 0 Å². The third kappa shape index (κ3) is 4.26. The standard InChI is InChI=1S/C17H20ClNO/c1-3-19-11-15-8-9-17(16(18)10-15)20-12-14-6-4-13(2)5-7-14/h4-10,19H,3,11-12H2,1-2H3. The predicted octanol–water partition coefficient (Wildman–Crippen LogP) is 4.34. The molecule has 0 bridgehead atoms. The number of aryl methyl sites for hydroxylation is 1. The van der Waals surface area contributed by atoms with Crippen LogP contribution in [0.5, 0.6) is 5.75 Å². The van der Waals surface area contributed by atoms with Crippen molar-refractivity contribution >= 4 is 11.6 Å². The number of benzene rings is 2. The molecule has 2 rings (SSSR count). The van der Waals surface area contributed by atoms with Crippen molar-refractivity contribution in [2.45, 2.75) is 27.0 Å². The topological polar surface area (TPSA) is 21.3 Å². The minimum absolute atomic E-state index is 0.534. The summed E-state index contributed by atoms with van der Waals surface area (Å²) in [5.41, 5.74) is 3.56. The molecule has 20 heavy (non-hydrogen) atoms. The lowest BCUT2D eigenvalue weighted by Gasteiger charge is -2.10. The molecule has 0 aromatic heterocycles. The number of halogens is 1. The van der Waals surface area contributed by atoms with Gasteiger partial charge in [0.15, 0.2) is 0 Å². The van der Waals surface area contributed by atoms with Crippen LogP contribution in [0.25, 0.3) is 0 Å². The summed E-state index contributed by atoms with van der Waals surface area (Å²) in [6, 6.07) is 14.2. The molecule has 0 unspecified atom stereocenters. The summed E-state index contributed by atoms with van der Waals surface area (Å²) in [6.07, 6.45) is 0. The fraction of sp³-hybridized carbons (Fsp3) is 0.294. The Balaban J connectivity index is 1.97. The number of ether oxygens (including phenoxy) is 1. The molecule has 2 aromatic rings. The number of hydrogen-bond donors (Lipinski definition) is 1. The van der Waals surface area contributed by atoms with Gasteiger partial charge in [0.05, 0.1) is 5.02 Å². The van der Waals surface area contributed by atoms with Gasteiger partial charge in [-0.25, -0.2) is 0 Å². The molecule has 0 heterocycles. The van der Waals surface area contributed by atoms with E-state index in [1.807, 2.05) is 18.2 Å². The van der Waals surface area contributed by atoms with Gasteiger partial charge in [0.2, 0.25) is 0 Å². The second kappa shape index (κ2) is 7.32. The molecule has 0 amide bonds. The molecule has 3 heteroatoms. The largest absolute Gasteiger partial charge is 0.487 e. The van der Waals surface area contributed by atoms with Gasteiger partial charge in [-0.3, -0.25) is 0 Å². The van der Waals surface area contributed by atoms with Crippen LogP contribution in [0, 0.1) is 6.92 Å². The summed E-state index contributed by atoms with van der Waals surface area (Å²) >= 11 is 6.25. The molecule has 0 radical (unpaired) electrons. The second-order valence-corrected chi connectivity index (χ2v) is 5.23. The van der Waals surface area contributed by atoms with Gasteiger partial charge in [0.1, 0.15) is 12.4 Å². The highest BCUT2D eigenvalue weighted by Crippen LogP contribution is 2.26. The Hall–Kier alpha value is -1.51. The Morgan fingerprint density at radius 3 is 2.40 bits per heavy atom. The molecule has 0 aliphatic carbocycles. The minimum atomic E-state index is 0.534. The Labute approximate surface area is 125 Å². The van der Waals surface area contributed by atoms with Gasteiger partial charge in [-0.1, -0.05) is 54.4 Å². The summed E-state index contributed by atoms with van der Waals surface area (Å²) in [6.45, 7) is 6.47. The Bertz CT molecular complexity index is 551. The lowest BCUT2D eigenvalue weighted by atomic mass is 10.2. The number of rotatable bonds is 6. The molecule has 0 aliphatic heterocycles. The quantitative estimate of drug-likeness (QED) is 0.854. The summed E-state index contributed by atoms with van der Waals surface area (Å²) in [5.74, 6) is 0.729. The van der Waals surface area contributed by atoms with Gasteiger partial charge in [-0.15, -0.1) is 0 Å². The van der Waals surface area contributed by atoms with Gasteiger partial charge in [-0.2, -0.15) is 0 Å². The van der Waals surface area contributed by atoms with Crippen LogP contribution in [0.15, 0.2) is 42.5 Å². The fourth-order valence-electron chi connectivity index (χ4n) is 1.89. The molecule has 0 saturated carbocycles. The van der Waals surface area contributed by atoms with Gasteiger partial charge < -0.3 is 10.1 Å². The molecule has 2 aromatic carbocycles. The molecule has 0 spiro atoms. The van der Waals surface area contributed by atoms with Crippen LogP contribution in [0.3, 0.4) is 0 Å². The highest BCUT2D eigenvalue weighted by molar-refractivity contribution is 6.32. The summed E-state index contributed by atoms with van der Waals surface area (Å²) in [5, 5.41) is 3.93. The lowest BCUT2D eigenvalue weighted by molar-refractivity contribution is 0.306. The second-order valence-electron chi connectivity index (χ2n) is 4.82. The van der Waals surface area contributed by atoms with Gasteiger partial charge in [-0.05, 0) is 36.7 Å². The molecule has 0 fully saturated rings. The van der Waals surface area contributed by atoms with Gasteiger partial charge >= 0.3 is 0 Å². The van der Waals surface area contributed by atoms with Crippen molar-refractivity contribution in [3.8, 4) is 5.75 Å². The van der Waals surface area contributed by atoms with Crippen molar-refractivity contribution < 1.29 is 4.74 Å². The fourth-order valence-corrected chi connectivity index (χ4v) is 2.14. The highest BCUT2D eigenvalue weighted by Gasteiger charge is 2.03. The molecule has 2 nitrogen and oxygen atoms in total. The number of hydrogen-bond acceptors (Lipinski definition) is 2. The molecule has 0 atom stereocenters. The first kappa shape index (κ1) is 14.9. The Morgan fingerprint density at radius 2 is 1.75 bits per heavy atom. The SMILES string of the molecule is CCNCc1ccc(OCc2ccc(C)cc2)c(Cl)c1. The molecule has 106 valence electrons. The van der Waals surface area contributed by atoms with E-state index in [0.29, 0.717) is 11.6 Å². The van der Waals surface area contributed by atoms with E-state index in [1.54, 1.807) is 0 Å². The van der Waals surface area contributed by atoms with Crippen LogP contribution in [0.2, 0.25) is 5.02 Å². The Morgan fingerprint density at radius 1 is 1.05 bits per heavy atom. The van der Waals surface area contributed by atoms with E-state index in [4.69, 9.17) is 16.3 Å². The maximum atomic E-state index is 6.25. The maximum Gasteiger partial charge on any atom is 0.138 e. The molecule has 0 aliphatic rings. The third-order valence-corrected chi connectivity index (χ3v) is 3.39. The van der Waals surface area contributed by atoms with Crippen LogP contribution >= 0.6 is 11.6 Å². The van der Waals surface area contributed by atoms with Crippen LogP contribution in [-0.4, -0.2) is 6.54 Å². The maximum absolute atomic E-state index is 6.25. The monoisotopic (exact) mass is 289 g/mol. The van der Waals surface area contributed by atoms with E-state index in [1.165, 1.54) is 11.1 Å². The van der Waals surface area contributed by atoms with E-state index in [9.17, 15) is 0 Å². The molecular weight excluding hydrogens is 270 g/mol. The predicted molar refractivity (Wildman–Crippen MR) is 84.3 cm³/mol. The average Bonchev–Trinajstić information content (AvgIpc) is 2.46. The smallest absolute Gasteiger partial charge is 0.138 e. The van der Waals surface area contributed by atoms with Crippen molar-refractivity contribution in [1.82, 2.24) is 5.32 Å². The lowest BCUT2D eigenvalue weighted by Crippen LogP contribution is -2.11. The molecular formula is C17H20ClNO. The highest BCUT2D eigenvalue weighted by atomic mass is 35.5. The van der Waals surface area contributed by atoms with Crippen molar-refractivity contribution in [1.29, 1.82) is 0 Å². The Kier molecular flexibility index (Phi) is 5.45. The average molecular weight is 290 g/mol. The normalized spacial score (nSPS) is 10.6. The molecule has 0 saturated heterocycles. The number of nitrogens with one attached hydrogen (secondary N) is 1. The summed E-state index contributed by atoms with van der Waals surface area (Å²) in [7, 11) is 0. The van der Waals surface area contributed by atoms with Crippen LogP contribution in [-0.2, 0) is 13.2 Å². The minimum Gasteiger partial charge on any atom is -0.487 e. The zero-order chi connectivity index (χ0) is 14.4. The zero-order valence-electron chi connectivity index (χ0n) is 11.9. The van der Waals surface area contributed by atoms with Gasteiger partial charge in [0, 0.05) is 6.54 Å². The van der Waals surface area contributed by atoms with E-state index >= 15 is 0 Å². The van der Waals surface area contributed by atoms with Crippen LogP contribution in [0.4, 0.5) is 0 Å². The molecule has 1 N–H and O–H groups in total. The van der Waals surface area contributed by atoms with E-state index < -0.39 is 0 Å². The van der Waals surface area contributed by atoms with Crippen molar-refractivity contribution in [3.63, 3.8) is 0 Å². The van der Waals surface area contributed by atoms with E-state index in [-0.39, 0.29) is 0 Å².